The van der Waals surface area contributed by atoms with Crippen LogP contribution in [0.4, 0.5) is 13.2 Å². The average Bonchev–Trinajstić information content (AvgIpc) is 2.02. The molecule has 0 atom stereocenters. The third kappa shape index (κ3) is 2.31. The van der Waals surface area contributed by atoms with Gasteiger partial charge in [0.25, 0.3) is 0 Å². The monoisotopic (exact) mass is 226 g/mol. The van der Waals surface area contributed by atoms with Crippen LogP contribution in [0.5, 0.6) is 0 Å². The second-order valence-electron chi connectivity index (χ2n) is 2.32. The molecule has 0 heterocycles. The number of hydrogen-bond acceptors (Lipinski definition) is 1. The van der Waals surface area contributed by atoms with Gasteiger partial charge in [0.15, 0.2) is 0 Å². The molecule has 0 aromatic heterocycles. The highest BCUT2D eigenvalue weighted by Gasteiger charge is 2.33. The fourth-order valence-corrected chi connectivity index (χ4v) is 2.01. The molecule has 0 amide bonds. The number of benzene rings is 1. The molecule has 0 unspecified atom stereocenters. The zero-order valence-electron chi connectivity index (χ0n) is 6.65. The Labute approximate surface area is 83.1 Å². The van der Waals surface area contributed by atoms with Crippen LogP contribution in [0.1, 0.15) is 5.56 Å². The van der Waals surface area contributed by atoms with E-state index in [1.165, 1.54) is 12.1 Å². The highest BCUT2D eigenvalue weighted by atomic mass is 35.5. The number of alkyl halides is 3. The summed E-state index contributed by atoms with van der Waals surface area (Å²) in [6, 6.07) is 3.77. The van der Waals surface area contributed by atoms with Gasteiger partial charge in [-0.15, -0.1) is 11.8 Å². The number of hydrogen-bond donors (Lipinski definition) is 0. The maximum atomic E-state index is 12.3. The fourth-order valence-electron chi connectivity index (χ4n) is 0.940. The molecule has 0 fully saturated rings. The first-order valence-electron chi connectivity index (χ1n) is 3.36. The molecule has 0 saturated heterocycles. The van der Waals surface area contributed by atoms with Gasteiger partial charge in [-0.25, -0.2) is 0 Å². The molecule has 1 aromatic rings. The van der Waals surface area contributed by atoms with Crippen LogP contribution in [0.25, 0.3) is 0 Å². The van der Waals surface area contributed by atoms with Crippen molar-refractivity contribution in [3.8, 4) is 0 Å². The van der Waals surface area contributed by atoms with Gasteiger partial charge in [-0.2, -0.15) is 13.2 Å². The molecular weight excluding hydrogens is 221 g/mol. The fraction of sp³-hybridized carbons (Fsp3) is 0.250. The molecule has 0 spiro atoms. The predicted molar refractivity (Wildman–Crippen MR) is 48.2 cm³/mol. The van der Waals surface area contributed by atoms with Crippen LogP contribution in [0.3, 0.4) is 0 Å². The van der Waals surface area contributed by atoms with E-state index in [1.54, 1.807) is 6.26 Å². The van der Waals surface area contributed by atoms with E-state index in [0.717, 1.165) is 17.8 Å². The van der Waals surface area contributed by atoms with Crippen LogP contribution in [0.2, 0.25) is 5.02 Å². The van der Waals surface area contributed by atoms with Gasteiger partial charge in [-0.1, -0.05) is 17.7 Å². The van der Waals surface area contributed by atoms with E-state index in [-0.39, 0.29) is 9.92 Å². The lowest BCUT2D eigenvalue weighted by Crippen LogP contribution is -2.06. The Hall–Kier alpha value is -0.350. The molecule has 0 saturated carbocycles. The minimum Gasteiger partial charge on any atom is -0.166 e. The summed E-state index contributed by atoms with van der Waals surface area (Å²) in [4.78, 5) is 0.0802. The standard InChI is InChI=1S/C8H6ClF3S/c1-13-7-5(8(10,11)12)3-2-4-6(7)9/h2-4H,1H3. The topological polar surface area (TPSA) is 0 Å². The van der Waals surface area contributed by atoms with Crippen molar-refractivity contribution in [1.29, 1.82) is 0 Å². The van der Waals surface area contributed by atoms with Crippen molar-refractivity contribution in [1.82, 2.24) is 0 Å². The van der Waals surface area contributed by atoms with Gasteiger partial charge in [0, 0.05) is 4.90 Å². The van der Waals surface area contributed by atoms with Gasteiger partial charge in [-0.3, -0.25) is 0 Å². The molecule has 0 bridgehead atoms. The Bertz CT molecular complexity index is 309. The van der Waals surface area contributed by atoms with Crippen molar-refractivity contribution in [2.75, 3.05) is 6.26 Å². The van der Waals surface area contributed by atoms with Crippen LogP contribution < -0.4 is 0 Å². The van der Waals surface area contributed by atoms with Crippen molar-refractivity contribution in [3.05, 3.63) is 28.8 Å². The van der Waals surface area contributed by atoms with E-state index in [0.29, 0.717) is 0 Å². The van der Waals surface area contributed by atoms with Crippen molar-refractivity contribution >= 4 is 23.4 Å². The molecule has 0 N–H and O–H groups in total. The van der Waals surface area contributed by atoms with Crippen LogP contribution in [-0.2, 0) is 6.18 Å². The second kappa shape index (κ2) is 3.80. The first kappa shape index (κ1) is 10.7. The SMILES string of the molecule is CSc1c(Cl)cccc1C(F)(F)F. The highest BCUT2D eigenvalue weighted by Crippen LogP contribution is 2.39. The average molecular weight is 227 g/mol. The molecule has 0 nitrogen and oxygen atoms in total. The Morgan fingerprint density at radius 2 is 1.92 bits per heavy atom. The van der Waals surface area contributed by atoms with Gasteiger partial charge in [0.1, 0.15) is 0 Å². The zero-order chi connectivity index (χ0) is 10.1. The molecule has 0 aliphatic rings. The minimum atomic E-state index is -4.33. The van der Waals surface area contributed by atoms with E-state index in [9.17, 15) is 13.2 Å². The summed E-state index contributed by atoms with van der Waals surface area (Å²) in [5.74, 6) is 0. The summed E-state index contributed by atoms with van der Waals surface area (Å²) in [5, 5.41) is 0.141. The molecule has 72 valence electrons. The third-order valence-corrected chi connectivity index (χ3v) is 2.75. The van der Waals surface area contributed by atoms with Crippen LogP contribution >= 0.6 is 23.4 Å². The van der Waals surface area contributed by atoms with Crippen LogP contribution in [-0.4, -0.2) is 6.26 Å². The molecule has 1 rings (SSSR count). The summed E-state index contributed by atoms with van der Waals surface area (Å²) in [5.41, 5.74) is -0.674. The molecular formula is C8H6ClF3S. The predicted octanol–water partition coefficient (Wildman–Crippen LogP) is 4.08. The van der Waals surface area contributed by atoms with Crippen molar-refractivity contribution in [2.24, 2.45) is 0 Å². The van der Waals surface area contributed by atoms with Gasteiger partial charge < -0.3 is 0 Å². The highest BCUT2D eigenvalue weighted by molar-refractivity contribution is 7.98. The molecule has 13 heavy (non-hydrogen) atoms. The summed E-state index contributed by atoms with van der Waals surface area (Å²) in [6.07, 6.45) is -2.76. The quantitative estimate of drug-likeness (QED) is 0.651. The van der Waals surface area contributed by atoms with Crippen LogP contribution in [0, 0.1) is 0 Å². The molecule has 0 aliphatic carbocycles. The van der Waals surface area contributed by atoms with E-state index in [2.05, 4.69) is 0 Å². The normalized spacial score (nSPS) is 11.8. The summed E-state index contributed by atoms with van der Waals surface area (Å²) in [7, 11) is 0. The van der Waals surface area contributed by atoms with Crippen LogP contribution in [0.15, 0.2) is 23.1 Å². The second-order valence-corrected chi connectivity index (χ2v) is 3.54. The lowest BCUT2D eigenvalue weighted by Gasteiger charge is -2.11. The molecule has 0 radical (unpaired) electrons. The van der Waals surface area contributed by atoms with E-state index >= 15 is 0 Å². The van der Waals surface area contributed by atoms with E-state index in [4.69, 9.17) is 11.6 Å². The Balaban J connectivity index is 3.29. The largest absolute Gasteiger partial charge is 0.417 e. The van der Waals surface area contributed by atoms with Gasteiger partial charge in [-0.05, 0) is 18.4 Å². The zero-order valence-corrected chi connectivity index (χ0v) is 8.22. The Morgan fingerprint density at radius 1 is 1.31 bits per heavy atom. The molecule has 5 heteroatoms. The van der Waals surface area contributed by atoms with Crippen molar-refractivity contribution < 1.29 is 13.2 Å². The summed E-state index contributed by atoms with van der Waals surface area (Å²) < 4.78 is 37.0. The Morgan fingerprint density at radius 3 is 2.31 bits per heavy atom. The number of rotatable bonds is 1. The first-order valence-corrected chi connectivity index (χ1v) is 4.97. The maximum Gasteiger partial charge on any atom is 0.417 e. The molecule has 1 aromatic carbocycles. The van der Waals surface area contributed by atoms with Gasteiger partial charge >= 0.3 is 6.18 Å². The lowest BCUT2D eigenvalue weighted by atomic mass is 10.2. The van der Waals surface area contributed by atoms with Crippen molar-refractivity contribution in [2.45, 2.75) is 11.1 Å². The van der Waals surface area contributed by atoms with Gasteiger partial charge in [0.2, 0.25) is 0 Å². The molecule has 0 aliphatic heterocycles. The summed E-state index contributed by atoms with van der Waals surface area (Å²) in [6.45, 7) is 0. The Kier molecular flexibility index (Phi) is 3.14. The smallest absolute Gasteiger partial charge is 0.166 e. The van der Waals surface area contributed by atoms with Crippen molar-refractivity contribution in [3.63, 3.8) is 0 Å². The van der Waals surface area contributed by atoms with E-state index < -0.39 is 11.7 Å². The van der Waals surface area contributed by atoms with E-state index in [1.807, 2.05) is 0 Å². The maximum absolute atomic E-state index is 12.3. The summed E-state index contributed by atoms with van der Waals surface area (Å²) >= 11 is 6.61. The van der Waals surface area contributed by atoms with Gasteiger partial charge in [0.05, 0.1) is 10.6 Å². The third-order valence-electron chi connectivity index (χ3n) is 1.48. The first-order chi connectivity index (χ1) is 5.96. The lowest BCUT2D eigenvalue weighted by molar-refractivity contribution is -0.139. The minimum absolute atomic E-state index is 0.0802. The number of halogens is 4. The number of thioether (sulfide) groups is 1.